The third-order valence-corrected chi connectivity index (χ3v) is 4.16. The van der Waals surface area contributed by atoms with Crippen molar-refractivity contribution in [1.82, 2.24) is 4.98 Å². The van der Waals surface area contributed by atoms with E-state index >= 15 is 0 Å². The molecule has 112 valence electrons. The summed E-state index contributed by atoms with van der Waals surface area (Å²) in [4.78, 5) is 4.84. The van der Waals surface area contributed by atoms with Gasteiger partial charge in [-0.1, -0.05) is 55.8 Å². The Morgan fingerprint density at radius 3 is 2.14 bits per heavy atom. The average Bonchev–Trinajstić information content (AvgIpc) is 2.46. The van der Waals surface area contributed by atoms with Crippen LogP contribution in [0.25, 0.3) is 11.1 Å². The predicted octanol–water partition coefficient (Wildman–Crippen LogP) is 6.03. The van der Waals surface area contributed by atoms with E-state index < -0.39 is 0 Å². The zero-order valence-electron chi connectivity index (χ0n) is 13.0. The van der Waals surface area contributed by atoms with Gasteiger partial charge in [-0.15, -0.1) is 0 Å². The second-order valence-corrected chi connectivity index (χ2v) is 6.47. The van der Waals surface area contributed by atoms with Crippen LogP contribution in [0.1, 0.15) is 56.5 Å². The predicted molar refractivity (Wildman–Crippen MR) is 90.4 cm³/mol. The van der Waals surface area contributed by atoms with Crippen molar-refractivity contribution in [2.45, 2.75) is 44.9 Å². The van der Waals surface area contributed by atoms with Gasteiger partial charge in [-0.3, -0.25) is 4.98 Å². The molecule has 0 saturated carbocycles. The molecular weight excluding hydrogens is 329 g/mol. The normalized spacial score (nSPS) is 11.4. The summed E-state index contributed by atoms with van der Waals surface area (Å²) in [6.07, 6.45) is 0. The second kappa shape index (κ2) is 6.69. The summed E-state index contributed by atoms with van der Waals surface area (Å²) in [6.45, 7) is 8.61. The minimum absolute atomic E-state index is 0.207. The zero-order chi connectivity index (χ0) is 15.6. The Kier molecular flexibility index (Phi) is 5.15. The van der Waals surface area contributed by atoms with E-state index in [9.17, 15) is 4.39 Å². The number of benzene rings is 1. The van der Waals surface area contributed by atoms with Crippen molar-refractivity contribution in [3.8, 4) is 11.1 Å². The van der Waals surface area contributed by atoms with Gasteiger partial charge in [0.2, 0.25) is 0 Å². The summed E-state index contributed by atoms with van der Waals surface area (Å²) in [5.41, 5.74) is 5.59. The van der Waals surface area contributed by atoms with Gasteiger partial charge in [0.25, 0.3) is 0 Å². The van der Waals surface area contributed by atoms with Crippen molar-refractivity contribution < 1.29 is 4.39 Å². The van der Waals surface area contributed by atoms with Crippen LogP contribution < -0.4 is 0 Å². The number of hydrogen-bond acceptors (Lipinski definition) is 1. The maximum atomic E-state index is 13.2. The Labute approximate surface area is 134 Å². The Bertz CT molecular complexity index is 618. The van der Waals surface area contributed by atoms with Gasteiger partial charge < -0.3 is 0 Å². The summed E-state index contributed by atoms with van der Waals surface area (Å²) in [5.74, 6) is 0.517. The van der Waals surface area contributed by atoms with Gasteiger partial charge in [-0.25, -0.2) is 4.39 Å². The fraction of sp³-hybridized carbons (Fsp3) is 0.389. The molecule has 2 rings (SSSR count). The van der Waals surface area contributed by atoms with Crippen LogP contribution in [0.3, 0.4) is 0 Å². The Hall–Kier alpha value is -1.22. The highest BCUT2D eigenvalue weighted by atomic mass is 79.9. The molecule has 3 heteroatoms. The Morgan fingerprint density at radius 1 is 1.05 bits per heavy atom. The van der Waals surface area contributed by atoms with Crippen LogP contribution in [-0.4, -0.2) is 4.98 Å². The van der Waals surface area contributed by atoms with Crippen LogP contribution >= 0.6 is 15.9 Å². The monoisotopic (exact) mass is 349 g/mol. The van der Waals surface area contributed by atoms with Crippen LogP contribution in [0.15, 0.2) is 30.3 Å². The molecule has 0 saturated heterocycles. The second-order valence-electron chi connectivity index (χ2n) is 5.91. The number of nitrogens with zero attached hydrogens (tertiary/aromatic N) is 1. The first-order valence-corrected chi connectivity index (χ1v) is 8.41. The zero-order valence-corrected chi connectivity index (χ0v) is 14.5. The van der Waals surface area contributed by atoms with Gasteiger partial charge in [-0.05, 0) is 46.7 Å². The van der Waals surface area contributed by atoms with Gasteiger partial charge in [-0.2, -0.15) is 0 Å². The molecule has 0 amide bonds. The molecular formula is C18H21BrFN. The number of aromatic nitrogens is 1. The molecule has 0 spiro atoms. The summed E-state index contributed by atoms with van der Waals surface area (Å²) in [5, 5.41) is 0.749. The number of halogens is 2. The summed E-state index contributed by atoms with van der Waals surface area (Å²) < 4.78 is 13.2. The summed E-state index contributed by atoms with van der Waals surface area (Å²) in [6, 6.07) is 8.84. The molecule has 0 bridgehead atoms. The number of pyridine rings is 1. The minimum atomic E-state index is -0.207. The highest BCUT2D eigenvalue weighted by Crippen LogP contribution is 2.33. The van der Waals surface area contributed by atoms with Gasteiger partial charge in [0.1, 0.15) is 5.82 Å². The molecule has 0 N–H and O–H groups in total. The molecule has 2 aromatic rings. The number of alkyl halides is 1. The fourth-order valence-electron chi connectivity index (χ4n) is 2.41. The van der Waals surface area contributed by atoms with Crippen molar-refractivity contribution in [2.75, 3.05) is 0 Å². The fourth-order valence-corrected chi connectivity index (χ4v) is 3.00. The minimum Gasteiger partial charge on any atom is -0.257 e. The lowest BCUT2D eigenvalue weighted by Crippen LogP contribution is -2.06. The van der Waals surface area contributed by atoms with Gasteiger partial charge in [0.05, 0.1) is 0 Å². The lowest BCUT2D eigenvalue weighted by Gasteiger charge is -2.19. The molecule has 21 heavy (non-hydrogen) atoms. The lowest BCUT2D eigenvalue weighted by molar-refractivity contribution is 0.628. The average molecular weight is 350 g/mol. The highest BCUT2D eigenvalue weighted by Gasteiger charge is 2.17. The quantitative estimate of drug-likeness (QED) is 0.614. The van der Waals surface area contributed by atoms with E-state index in [1.165, 1.54) is 17.7 Å². The van der Waals surface area contributed by atoms with Crippen LogP contribution in [0, 0.1) is 5.82 Å². The van der Waals surface area contributed by atoms with E-state index in [1.807, 2.05) is 12.1 Å². The number of rotatable bonds is 4. The molecule has 0 unspecified atom stereocenters. The molecule has 1 nitrogen and oxygen atoms in total. The highest BCUT2D eigenvalue weighted by molar-refractivity contribution is 9.08. The van der Waals surface area contributed by atoms with Crippen molar-refractivity contribution in [3.63, 3.8) is 0 Å². The SMILES string of the molecule is CC(C)c1cc(-c2ccc(F)cc2)c(CBr)c(C(C)C)n1. The van der Waals surface area contributed by atoms with E-state index in [-0.39, 0.29) is 5.82 Å². The standard InChI is InChI=1S/C18H21BrFN/c1-11(2)17-9-15(13-5-7-14(20)8-6-13)16(10-19)18(21-17)12(3)4/h5-9,11-12H,10H2,1-4H3. The maximum Gasteiger partial charge on any atom is 0.123 e. The van der Waals surface area contributed by atoms with Crippen molar-refractivity contribution in [2.24, 2.45) is 0 Å². The smallest absolute Gasteiger partial charge is 0.123 e. The molecule has 1 heterocycles. The molecule has 1 aromatic carbocycles. The number of hydrogen-bond donors (Lipinski definition) is 0. The van der Waals surface area contributed by atoms with Gasteiger partial charge in [0.15, 0.2) is 0 Å². The van der Waals surface area contributed by atoms with E-state index in [4.69, 9.17) is 4.98 Å². The van der Waals surface area contributed by atoms with Crippen molar-refractivity contribution >= 4 is 15.9 Å². The van der Waals surface area contributed by atoms with Gasteiger partial charge >= 0.3 is 0 Å². The summed E-state index contributed by atoms with van der Waals surface area (Å²) >= 11 is 3.59. The topological polar surface area (TPSA) is 12.9 Å². The first-order chi connectivity index (χ1) is 9.93. The van der Waals surface area contributed by atoms with E-state index in [1.54, 1.807) is 0 Å². The van der Waals surface area contributed by atoms with E-state index in [2.05, 4.69) is 49.7 Å². The molecule has 0 fully saturated rings. The van der Waals surface area contributed by atoms with E-state index in [0.717, 1.165) is 27.8 Å². The maximum absolute atomic E-state index is 13.2. The molecule has 0 aliphatic heterocycles. The van der Waals surface area contributed by atoms with Crippen molar-refractivity contribution in [1.29, 1.82) is 0 Å². The third-order valence-electron chi connectivity index (χ3n) is 3.60. The molecule has 0 radical (unpaired) electrons. The Balaban J connectivity index is 2.69. The molecule has 1 aromatic heterocycles. The van der Waals surface area contributed by atoms with Crippen molar-refractivity contribution in [3.05, 3.63) is 53.1 Å². The molecule has 0 aliphatic carbocycles. The van der Waals surface area contributed by atoms with Crippen LogP contribution in [0.2, 0.25) is 0 Å². The first-order valence-electron chi connectivity index (χ1n) is 7.29. The largest absolute Gasteiger partial charge is 0.257 e. The van der Waals surface area contributed by atoms with Crippen LogP contribution in [-0.2, 0) is 5.33 Å². The van der Waals surface area contributed by atoms with Crippen LogP contribution in [0.4, 0.5) is 4.39 Å². The van der Waals surface area contributed by atoms with E-state index in [0.29, 0.717) is 11.8 Å². The Morgan fingerprint density at radius 2 is 1.67 bits per heavy atom. The van der Waals surface area contributed by atoms with Gasteiger partial charge in [0, 0.05) is 16.7 Å². The van der Waals surface area contributed by atoms with Crippen LogP contribution in [0.5, 0.6) is 0 Å². The lowest BCUT2D eigenvalue weighted by atomic mass is 9.93. The molecule has 0 aliphatic rings. The summed E-state index contributed by atoms with van der Waals surface area (Å²) in [7, 11) is 0. The first kappa shape index (κ1) is 16.2. The third kappa shape index (κ3) is 3.52. The molecule has 0 atom stereocenters.